The molecule has 1 heterocycles. The maximum Gasteiger partial charge on any atom is 0.191 e. The molecule has 2 aromatic rings. The minimum Gasteiger partial charge on any atom is -0.356 e. The molecule has 0 radical (unpaired) electrons. The quantitative estimate of drug-likeness (QED) is 0.416. The second-order valence-electron chi connectivity index (χ2n) is 4.76. The van der Waals surface area contributed by atoms with Gasteiger partial charge in [-0.25, -0.2) is 4.39 Å². The lowest BCUT2D eigenvalue weighted by atomic mass is 10.1. The van der Waals surface area contributed by atoms with Gasteiger partial charge in [-0.2, -0.15) is 0 Å². The Morgan fingerprint density at radius 2 is 2.00 bits per heavy atom. The van der Waals surface area contributed by atoms with Gasteiger partial charge in [-0.05, 0) is 31.0 Å². The van der Waals surface area contributed by atoms with Crippen LogP contribution in [0.5, 0.6) is 0 Å². The molecule has 0 unspecified atom stereocenters. The third-order valence-corrected chi connectivity index (χ3v) is 3.29. The molecule has 2 rings (SSSR count). The Morgan fingerprint density at radius 3 is 2.65 bits per heavy atom. The van der Waals surface area contributed by atoms with Crippen molar-refractivity contribution < 1.29 is 4.39 Å². The van der Waals surface area contributed by atoms with Gasteiger partial charge in [0.2, 0.25) is 0 Å². The average Bonchev–Trinajstić information content (AvgIpc) is 3.00. The maximum atomic E-state index is 12.8. The number of nitrogens with zero attached hydrogens (tertiary/aromatic N) is 4. The highest BCUT2D eigenvalue weighted by molar-refractivity contribution is 14.0. The third kappa shape index (κ3) is 6.12. The van der Waals surface area contributed by atoms with E-state index in [9.17, 15) is 4.39 Å². The molecular weight excluding hydrogens is 410 g/mol. The van der Waals surface area contributed by atoms with Gasteiger partial charge >= 0.3 is 0 Å². The van der Waals surface area contributed by atoms with Crippen LogP contribution in [0.15, 0.2) is 35.6 Å². The van der Waals surface area contributed by atoms with E-state index in [4.69, 9.17) is 0 Å². The maximum absolute atomic E-state index is 12.8. The molecule has 0 spiro atoms. The van der Waals surface area contributed by atoms with Crippen LogP contribution < -0.4 is 10.6 Å². The molecule has 1 aromatic carbocycles. The zero-order valence-corrected chi connectivity index (χ0v) is 15.6. The van der Waals surface area contributed by atoms with E-state index in [1.54, 1.807) is 25.5 Å². The predicted octanol–water partition coefficient (Wildman–Crippen LogP) is 1.96. The van der Waals surface area contributed by atoms with E-state index >= 15 is 0 Å². The number of benzene rings is 1. The van der Waals surface area contributed by atoms with E-state index < -0.39 is 0 Å². The Labute approximate surface area is 152 Å². The highest BCUT2D eigenvalue weighted by Crippen LogP contribution is 2.02. The summed E-state index contributed by atoms with van der Waals surface area (Å²) in [5, 5.41) is 14.4. The Hall–Kier alpha value is -1.71. The van der Waals surface area contributed by atoms with Crippen molar-refractivity contribution in [2.75, 3.05) is 13.6 Å². The Balaban J connectivity index is 0.00000264. The minimum atomic E-state index is -0.214. The van der Waals surface area contributed by atoms with Crippen molar-refractivity contribution in [2.24, 2.45) is 4.99 Å². The van der Waals surface area contributed by atoms with E-state index in [1.807, 2.05) is 11.5 Å². The third-order valence-electron chi connectivity index (χ3n) is 3.29. The van der Waals surface area contributed by atoms with Gasteiger partial charge in [0, 0.05) is 20.1 Å². The van der Waals surface area contributed by atoms with Gasteiger partial charge in [0.25, 0.3) is 0 Å². The van der Waals surface area contributed by atoms with Crippen molar-refractivity contribution in [1.29, 1.82) is 0 Å². The first kappa shape index (κ1) is 19.3. The first-order chi connectivity index (χ1) is 10.7. The molecule has 126 valence electrons. The van der Waals surface area contributed by atoms with Gasteiger partial charge in [0.15, 0.2) is 11.8 Å². The molecule has 0 aliphatic carbocycles. The summed E-state index contributed by atoms with van der Waals surface area (Å²) in [7, 11) is 1.72. The summed E-state index contributed by atoms with van der Waals surface area (Å²) in [5.74, 6) is 1.35. The van der Waals surface area contributed by atoms with Crippen LogP contribution in [0.1, 0.15) is 18.3 Å². The molecule has 8 heteroatoms. The molecule has 0 bridgehead atoms. The summed E-state index contributed by atoms with van der Waals surface area (Å²) in [6.45, 7) is 4.15. The summed E-state index contributed by atoms with van der Waals surface area (Å²) in [5.41, 5.74) is 1.08. The van der Waals surface area contributed by atoms with Crippen molar-refractivity contribution in [3.8, 4) is 0 Å². The van der Waals surface area contributed by atoms with Crippen LogP contribution in [0, 0.1) is 5.82 Å². The molecule has 0 aliphatic rings. The first-order valence-corrected chi connectivity index (χ1v) is 7.28. The first-order valence-electron chi connectivity index (χ1n) is 7.28. The second-order valence-corrected chi connectivity index (χ2v) is 4.76. The summed E-state index contributed by atoms with van der Waals surface area (Å²) >= 11 is 0. The lowest BCUT2D eigenvalue weighted by Crippen LogP contribution is -2.38. The molecular formula is C15H22FIN6. The van der Waals surface area contributed by atoms with Gasteiger partial charge in [-0.1, -0.05) is 12.1 Å². The van der Waals surface area contributed by atoms with Crippen LogP contribution in [0.3, 0.4) is 0 Å². The van der Waals surface area contributed by atoms with Crippen molar-refractivity contribution in [3.63, 3.8) is 0 Å². The predicted molar refractivity (Wildman–Crippen MR) is 99.4 cm³/mol. The number of aryl methyl sites for hydroxylation is 1. The number of aliphatic imine (C=N–C) groups is 1. The van der Waals surface area contributed by atoms with Gasteiger partial charge in [0.1, 0.15) is 12.1 Å². The van der Waals surface area contributed by atoms with Crippen LogP contribution in [0.2, 0.25) is 0 Å². The van der Waals surface area contributed by atoms with Crippen molar-refractivity contribution in [1.82, 2.24) is 25.4 Å². The Morgan fingerprint density at radius 1 is 1.26 bits per heavy atom. The van der Waals surface area contributed by atoms with Crippen molar-refractivity contribution >= 4 is 29.9 Å². The van der Waals surface area contributed by atoms with Crippen LogP contribution >= 0.6 is 24.0 Å². The molecule has 2 N–H and O–H groups in total. The molecule has 23 heavy (non-hydrogen) atoms. The fourth-order valence-corrected chi connectivity index (χ4v) is 2.04. The van der Waals surface area contributed by atoms with Crippen molar-refractivity contribution in [2.45, 2.75) is 26.4 Å². The van der Waals surface area contributed by atoms with Crippen LogP contribution in [0.25, 0.3) is 0 Å². The fraction of sp³-hybridized carbons (Fsp3) is 0.400. The zero-order valence-electron chi connectivity index (χ0n) is 13.3. The van der Waals surface area contributed by atoms with E-state index in [0.717, 1.165) is 24.4 Å². The molecule has 0 saturated heterocycles. The molecule has 0 fully saturated rings. The topological polar surface area (TPSA) is 67.1 Å². The molecule has 0 amide bonds. The van der Waals surface area contributed by atoms with Crippen LogP contribution in [0.4, 0.5) is 4.39 Å². The minimum absolute atomic E-state index is 0. The van der Waals surface area contributed by atoms with Gasteiger partial charge in [-0.3, -0.25) is 4.99 Å². The number of aromatic nitrogens is 3. The molecule has 1 aromatic heterocycles. The summed E-state index contributed by atoms with van der Waals surface area (Å²) in [6.07, 6.45) is 2.51. The summed E-state index contributed by atoms with van der Waals surface area (Å²) in [4.78, 5) is 4.17. The number of guanidine groups is 1. The van der Waals surface area contributed by atoms with E-state index in [2.05, 4.69) is 25.8 Å². The van der Waals surface area contributed by atoms with Crippen molar-refractivity contribution in [3.05, 3.63) is 47.8 Å². The highest BCUT2D eigenvalue weighted by atomic mass is 127. The largest absolute Gasteiger partial charge is 0.356 e. The van der Waals surface area contributed by atoms with Crippen LogP contribution in [-0.2, 0) is 19.5 Å². The number of hydrogen-bond donors (Lipinski definition) is 2. The normalized spacial score (nSPS) is 11.0. The molecule has 0 atom stereocenters. The molecule has 0 aliphatic heterocycles. The smallest absolute Gasteiger partial charge is 0.191 e. The Kier molecular flexibility index (Phi) is 8.52. The van der Waals surface area contributed by atoms with E-state index in [-0.39, 0.29) is 29.8 Å². The van der Waals surface area contributed by atoms with Gasteiger partial charge < -0.3 is 15.2 Å². The summed E-state index contributed by atoms with van der Waals surface area (Å²) in [6, 6.07) is 6.52. The van der Waals surface area contributed by atoms with Gasteiger partial charge in [-0.15, -0.1) is 34.2 Å². The number of hydrogen-bond acceptors (Lipinski definition) is 3. The number of halogens is 2. The fourth-order valence-electron chi connectivity index (χ4n) is 2.04. The average molecular weight is 432 g/mol. The van der Waals surface area contributed by atoms with Crippen LogP contribution in [-0.4, -0.2) is 34.3 Å². The lowest BCUT2D eigenvalue weighted by Gasteiger charge is -2.12. The number of nitrogens with one attached hydrogen (secondary N) is 2. The monoisotopic (exact) mass is 432 g/mol. The van der Waals surface area contributed by atoms with E-state index in [1.165, 1.54) is 12.1 Å². The SMILES string of the molecule is CCn1cnnc1CNC(=NC)NCCc1ccc(F)cc1.I. The molecule has 6 nitrogen and oxygen atoms in total. The lowest BCUT2D eigenvalue weighted by molar-refractivity contribution is 0.626. The zero-order chi connectivity index (χ0) is 15.8. The summed E-state index contributed by atoms with van der Waals surface area (Å²) < 4.78 is 14.8. The van der Waals surface area contributed by atoms with Gasteiger partial charge in [0.05, 0.1) is 6.54 Å². The number of rotatable bonds is 6. The molecule has 0 saturated carbocycles. The highest BCUT2D eigenvalue weighted by Gasteiger charge is 2.04. The Bertz CT molecular complexity index is 611. The standard InChI is InChI=1S/C15H21FN6.HI/c1-3-22-11-20-21-14(22)10-19-15(17-2)18-9-8-12-4-6-13(16)7-5-12;/h4-7,11H,3,8-10H2,1-2H3,(H2,17,18,19);1H. The second kappa shape index (κ2) is 10.1. The van der Waals surface area contributed by atoms with E-state index in [0.29, 0.717) is 19.0 Å².